The number of carbonyl (C=O) groups excluding carboxylic acids is 1. The largest absolute Gasteiger partial charge is 0.493 e. The predicted molar refractivity (Wildman–Crippen MR) is 98.2 cm³/mol. The molecule has 2 amide bonds. The fourth-order valence-electron chi connectivity index (χ4n) is 2.03. The average molecular weight is 337 g/mol. The van der Waals surface area contributed by atoms with E-state index in [0.717, 1.165) is 16.8 Å². The maximum Gasteiger partial charge on any atom is 0.339 e. The lowest BCUT2D eigenvalue weighted by atomic mass is 10.2. The summed E-state index contributed by atoms with van der Waals surface area (Å²) in [6.45, 7) is 2.07. The van der Waals surface area contributed by atoms with Crippen molar-refractivity contribution in [2.75, 3.05) is 19.0 Å². The summed E-state index contributed by atoms with van der Waals surface area (Å²) in [5.74, 6) is 3.47. The van der Waals surface area contributed by atoms with Crippen molar-refractivity contribution in [1.82, 2.24) is 5.43 Å². The van der Waals surface area contributed by atoms with E-state index in [1.54, 1.807) is 18.2 Å². The van der Waals surface area contributed by atoms with Gasteiger partial charge in [-0.1, -0.05) is 24.1 Å². The number of hydrogen-bond donors (Lipinski definition) is 2. The Hall–Kier alpha value is -3.46. The molecule has 0 aliphatic heterocycles. The molecule has 6 nitrogen and oxygen atoms in total. The zero-order valence-electron chi connectivity index (χ0n) is 14.1. The lowest BCUT2D eigenvalue weighted by molar-refractivity contribution is 0.252. The summed E-state index contributed by atoms with van der Waals surface area (Å²) < 4.78 is 10.6. The molecule has 0 atom stereocenters. The van der Waals surface area contributed by atoms with Crippen molar-refractivity contribution >= 4 is 17.9 Å². The van der Waals surface area contributed by atoms with Crippen molar-refractivity contribution < 1.29 is 14.3 Å². The summed E-state index contributed by atoms with van der Waals surface area (Å²) in [7, 11) is 1.53. The quantitative estimate of drug-likeness (QED) is 0.483. The second kappa shape index (κ2) is 8.99. The number of nitrogens with zero attached hydrogens (tertiary/aromatic N) is 1. The number of methoxy groups -OCH3 is 1. The van der Waals surface area contributed by atoms with Gasteiger partial charge in [0.15, 0.2) is 11.5 Å². The Kier molecular flexibility index (Phi) is 6.43. The molecule has 0 saturated heterocycles. The van der Waals surface area contributed by atoms with Crippen LogP contribution in [0.2, 0.25) is 0 Å². The fraction of sp³-hybridized carbons (Fsp3) is 0.158. The molecule has 0 aromatic heterocycles. The standard InChI is InChI=1S/C19H19N3O3/c1-4-11-25-17-10-9-15(12-18(17)24-3)13-20-22-19(23)21-16-8-6-5-7-14(16)2/h1,5-10,12-13H,11H2,2-3H3,(H2,21,22,23). The summed E-state index contributed by atoms with van der Waals surface area (Å²) in [5, 5.41) is 6.64. The van der Waals surface area contributed by atoms with Crippen molar-refractivity contribution in [2.45, 2.75) is 6.92 Å². The number of hydrazone groups is 1. The van der Waals surface area contributed by atoms with Crippen LogP contribution in [0.25, 0.3) is 0 Å². The van der Waals surface area contributed by atoms with Crippen LogP contribution in [0.3, 0.4) is 0 Å². The molecular weight excluding hydrogens is 318 g/mol. The molecule has 0 radical (unpaired) electrons. The van der Waals surface area contributed by atoms with Gasteiger partial charge in [-0.3, -0.25) is 0 Å². The smallest absolute Gasteiger partial charge is 0.339 e. The molecule has 6 heteroatoms. The van der Waals surface area contributed by atoms with Gasteiger partial charge in [-0.15, -0.1) is 6.42 Å². The SMILES string of the molecule is C#CCOc1ccc(C=NNC(=O)Nc2ccccc2C)cc1OC. The topological polar surface area (TPSA) is 72.0 Å². The first kappa shape index (κ1) is 17.9. The Morgan fingerprint density at radius 3 is 2.80 bits per heavy atom. The summed E-state index contributed by atoms with van der Waals surface area (Å²) in [5.41, 5.74) is 4.85. The van der Waals surface area contributed by atoms with Gasteiger partial charge in [0, 0.05) is 5.69 Å². The molecule has 0 aliphatic rings. The molecule has 0 fully saturated rings. The normalized spacial score (nSPS) is 10.1. The molecule has 0 unspecified atom stereocenters. The number of hydrogen-bond acceptors (Lipinski definition) is 4. The molecule has 0 bridgehead atoms. The number of ether oxygens (including phenoxy) is 2. The van der Waals surface area contributed by atoms with Crippen molar-refractivity contribution in [2.24, 2.45) is 5.10 Å². The van der Waals surface area contributed by atoms with E-state index in [2.05, 4.69) is 21.8 Å². The number of urea groups is 1. The van der Waals surface area contributed by atoms with Crippen molar-refractivity contribution in [3.63, 3.8) is 0 Å². The third kappa shape index (κ3) is 5.29. The highest BCUT2D eigenvalue weighted by atomic mass is 16.5. The van der Waals surface area contributed by atoms with Gasteiger partial charge >= 0.3 is 6.03 Å². The fourth-order valence-corrected chi connectivity index (χ4v) is 2.03. The van der Waals surface area contributed by atoms with Crippen LogP contribution in [0.4, 0.5) is 10.5 Å². The lowest BCUT2D eigenvalue weighted by Crippen LogP contribution is -2.24. The van der Waals surface area contributed by atoms with Crippen LogP contribution < -0.4 is 20.2 Å². The maximum absolute atomic E-state index is 11.9. The molecule has 0 aliphatic carbocycles. The van der Waals surface area contributed by atoms with Gasteiger partial charge in [0.25, 0.3) is 0 Å². The van der Waals surface area contributed by atoms with E-state index in [0.29, 0.717) is 11.5 Å². The van der Waals surface area contributed by atoms with Crippen LogP contribution in [0.1, 0.15) is 11.1 Å². The molecule has 0 spiro atoms. The van der Waals surface area contributed by atoms with Gasteiger partial charge in [0.2, 0.25) is 0 Å². The minimum Gasteiger partial charge on any atom is -0.493 e. The highest BCUT2D eigenvalue weighted by molar-refractivity contribution is 5.91. The van der Waals surface area contributed by atoms with Gasteiger partial charge in [-0.05, 0) is 42.3 Å². The Morgan fingerprint density at radius 2 is 2.08 bits per heavy atom. The molecule has 128 valence electrons. The first-order valence-electron chi connectivity index (χ1n) is 7.54. The van der Waals surface area contributed by atoms with Crippen molar-refractivity contribution in [3.8, 4) is 23.8 Å². The van der Waals surface area contributed by atoms with Crippen molar-refractivity contribution in [1.29, 1.82) is 0 Å². The van der Waals surface area contributed by atoms with Crippen LogP contribution in [0, 0.1) is 19.3 Å². The number of amides is 2. The Balaban J connectivity index is 1.96. The van der Waals surface area contributed by atoms with Crippen molar-refractivity contribution in [3.05, 3.63) is 53.6 Å². The predicted octanol–water partition coefficient (Wildman–Crippen LogP) is 3.17. The monoisotopic (exact) mass is 337 g/mol. The highest BCUT2D eigenvalue weighted by Crippen LogP contribution is 2.27. The van der Waals surface area contributed by atoms with Gasteiger partial charge in [-0.25, -0.2) is 10.2 Å². The van der Waals surface area contributed by atoms with E-state index >= 15 is 0 Å². The van der Waals surface area contributed by atoms with Gasteiger partial charge < -0.3 is 14.8 Å². The molecule has 2 aromatic carbocycles. The second-order valence-electron chi connectivity index (χ2n) is 5.04. The Morgan fingerprint density at radius 1 is 1.28 bits per heavy atom. The summed E-state index contributed by atoms with van der Waals surface area (Å²) >= 11 is 0. The van der Waals surface area contributed by atoms with Crippen LogP contribution in [-0.4, -0.2) is 26.0 Å². The molecule has 2 rings (SSSR count). The first-order valence-corrected chi connectivity index (χ1v) is 7.54. The number of anilines is 1. The number of carbonyl (C=O) groups is 1. The number of terminal acetylenes is 1. The van der Waals surface area contributed by atoms with Crippen LogP contribution in [0.15, 0.2) is 47.6 Å². The lowest BCUT2D eigenvalue weighted by Gasteiger charge is -2.09. The average Bonchev–Trinajstić information content (AvgIpc) is 2.62. The van der Waals surface area contributed by atoms with Gasteiger partial charge in [0.05, 0.1) is 13.3 Å². The van der Waals surface area contributed by atoms with E-state index in [9.17, 15) is 4.79 Å². The zero-order valence-corrected chi connectivity index (χ0v) is 14.1. The number of benzene rings is 2. The van der Waals surface area contributed by atoms with Gasteiger partial charge in [-0.2, -0.15) is 5.10 Å². The zero-order chi connectivity index (χ0) is 18.1. The number of para-hydroxylation sites is 1. The van der Waals surface area contributed by atoms with E-state index in [-0.39, 0.29) is 6.61 Å². The van der Waals surface area contributed by atoms with E-state index in [1.807, 2.05) is 31.2 Å². The highest BCUT2D eigenvalue weighted by Gasteiger charge is 2.05. The number of aryl methyl sites for hydroxylation is 1. The Labute approximate surface area is 146 Å². The minimum atomic E-state index is -0.425. The van der Waals surface area contributed by atoms with E-state index in [4.69, 9.17) is 15.9 Å². The molecule has 2 aromatic rings. The molecule has 25 heavy (non-hydrogen) atoms. The third-order valence-electron chi connectivity index (χ3n) is 3.27. The maximum atomic E-state index is 11.9. The summed E-state index contributed by atoms with van der Waals surface area (Å²) in [6, 6.07) is 12.3. The summed E-state index contributed by atoms with van der Waals surface area (Å²) in [4.78, 5) is 11.9. The van der Waals surface area contributed by atoms with E-state index < -0.39 is 6.03 Å². The molecule has 0 heterocycles. The minimum absolute atomic E-state index is 0.157. The second-order valence-corrected chi connectivity index (χ2v) is 5.04. The first-order chi connectivity index (χ1) is 12.1. The van der Waals surface area contributed by atoms with Crippen LogP contribution in [0.5, 0.6) is 11.5 Å². The van der Waals surface area contributed by atoms with Crippen LogP contribution >= 0.6 is 0 Å². The molecular formula is C19H19N3O3. The number of rotatable bonds is 6. The third-order valence-corrected chi connectivity index (χ3v) is 3.27. The molecule has 2 N–H and O–H groups in total. The number of nitrogens with one attached hydrogen (secondary N) is 2. The van der Waals surface area contributed by atoms with E-state index in [1.165, 1.54) is 13.3 Å². The van der Waals surface area contributed by atoms with Crippen LogP contribution in [-0.2, 0) is 0 Å². The summed E-state index contributed by atoms with van der Waals surface area (Å²) in [6.07, 6.45) is 6.68. The Bertz CT molecular complexity index is 810. The molecule has 0 saturated carbocycles. The van der Waals surface area contributed by atoms with Gasteiger partial charge in [0.1, 0.15) is 6.61 Å².